The van der Waals surface area contributed by atoms with Gasteiger partial charge < -0.3 is 4.43 Å². The monoisotopic (exact) mass is 119 g/mol. The SMILES string of the molecule is C[Si](C)(C)OC[O]. The summed E-state index contributed by atoms with van der Waals surface area (Å²) in [5, 5.41) is 9.76. The minimum atomic E-state index is -1.47. The maximum absolute atomic E-state index is 9.76. The van der Waals surface area contributed by atoms with Gasteiger partial charge in [-0.05, 0) is 19.6 Å². The minimum Gasteiger partial charge on any atom is -0.393 e. The van der Waals surface area contributed by atoms with Gasteiger partial charge in [0.25, 0.3) is 0 Å². The maximum Gasteiger partial charge on any atom is 0.186 e. The van der Waals surface area contributed by atoms with Crippen LogP contribution in [0.15, 0.2) is 0 Å². The van der Waals surface area contributed by atoms with E-state index in [-0.39, 0.29) is 6.79 Å². The van der Waals surface area contributed by atoms with Crippen LogP contribution in [0.3, 0.4) is 0 Å². The Kier molecular flexibility index (Phi) is 2.49. The third-order valence-corrected chi connectivity index (χ3v) is 1.48. The Hall–Kier alpha value is 0.137. The standard InChI is InChI=1S/C4H11O2Si/c1-7(2,3)6-4-5/h4H2,1-3H3. The van der Waals surface area contributed by atoms with Crippen molar-refractivity contribution >= 4 is 8.32 Å². The molecule has 0 aromatic heterocycles. The molecule has 0 amide bonds. The molecule has 2 nitrogen and oxygen atoms in total. The van der Waals surface area contributed by atoms with E-state index in [2.05, 4.69) is 0 Å². The zero-order chi connectivity index (χ0) is 5.91. The van der Waals surface area contributed by atoms with E-state index in [0.29, 0.717) is 0 Å². The molecule has 0 fully saturated rings. The van der Waals surface area contributed by atoms with E-state index in [9.17, 15) is 5.11 Å². The molecule has 0 heterocycles. The van der Waals surface area contributed by atoms with Crippen molar-refractivity contribution < 1.29 is 9.53 Å². The third-order valence-electron chi connectivity index (χ3n) is 0.492. The molecule has 0 spiro atoms. The number of hydrogen-bond acceptors (Lipinski definition) is 1. The van der Waals surface area contributed by atoms with Crippen molar-refractivity contribution in [1.29, 1.82) is 0 Å². The van der Waals surface area contributed by atoms with Crippen LogP contribution in [0.1, 0.15) is 0 Å². The highest BCUT2D eigenvalue weighted by Gasteiger charge is 2.12. The first kappa shape index (κ1) is 7.14. The summed E-state index contributed by atoms with van der Waals surface area (Å²) in [6, 6.07) is 0. The Bertz CT molecular complexity index is 48.1. The summed E-state index contributed by atoms with van der Waals surface area (Å²) < 4.78 is 4.81. The summed E-state index contributed by atoms with van der Waals surface area (Å²) in [6.07, 6.45) is 0. The zero-order valence-corrected chi connectivity index (χ0v) is 6.02. The van der Waals surface area contributed by atoms with Gasteiger partial charge in [-0.25, -0.2) is 5.11 Å². The van der Waals surface area contributed by atoms with Gasteiger partial charge in [0.15, 0.2) is 15.1 Å². The number of rotatable bonds is 2. The van der Waals surface area contributed by atoms with Crippen LogP contribution >= 0.6 is 0 Å². The smallest absolute Gasteiger partial charge is 0.186 e. The lowest BCUT2D eigenvalue weighted by Gasteiger charge is -2.12. The normalized spacial score (nSPS) is 12.0. The van der Waals surface area contributed by atoms with Crippen LogP contribution in [0.2, 0.25) is 19.6 Å². The van der Waals surface area contributed by atoms with Gasteiger partial charge >= 0.3 is 0 Å². The van der Waals surface area contributed by atoms with Gasteiger partial charge in [0.1, 0.15) is 0 Å². The van der Waals surface area contributed by atoms with Crippen LogP contribution in [-0.4, -0.2) is 15.1 Å². The molecule has 43 valence electrons. The first-order chi connectivity index (χ1) is 3.06. The van der Waals surface area contributed by atoms with Crippen LogP contribution in [0, 0.1) is 0 Å². The molecule has 0 aliphatic carbocycles. The van der Waals surface area contributed by atoms with Crippen molar-refractivity contribution in [3.63, 3.8) is 0 Å². The van der Waals surface area contributed by atoms with Crippen LogP contribution < -0.4 is 0 Å². The maximum atomic E-state index is 9.76. The zero-order valence-electron chi connectivity index (χ0n) is 5.02. The van der Waals surface area contributed by atoms with Crippen molar-refractivity contribution in [3.8, 4) is 0 Å². The largest absolute Gasteiger partial charge is 0.393 e. The highest BCUT2D eigenvalue weighted by Crippen LogP contribution is 1.99. The van der Waals surface area contributed by atoms with Gasteiger partial charge in [0, 0.05) is 0 Å². The molecule has 0 bridgehead atoms. The topological polar surface area (TPSA) is 29.1 Å². The van der Waals surface area contributed by atoms with Crippen molar-refractivity contribution in [2.45, 2.75) is 19.6 Å². The summed E-state index contributed by atoms with van der Waals surface area (Å²) in [5.41, 5.74) is 0. The van der Waals surface area contributed by atoms with Crippen LogP contribution in [0.4, 0.5) is 0 Å². The first-order valence-corrected chi connectivity index (χ1v) is 5.69. The van der Waals surface area contributed by atoms with Gasteiger partial charge in [0.05, 0.1) is 0 Å². The average Bonchev–Trinajstić information content (AvgIpc) is 1.30. The number of hydrogen-bond donors (Lipinski definition) is 0. The van der Waals surface area contributed by atoms with E-state index in [4.69, 9.17) is 4.43 Å². The van der Waals surface area contributed by atoms with E-state index in [1.807, 2.05) is 19.6 Å². The van der Waals surface area contributed by atoms with Gasteiger partial charge in [-0.3, -0.25) is 0 Å². The fourth-order valence-corrected chi connectivity index (χ4v) is 0.530. The Labute approximate surface area is 45.2 Å². The van der Waals surface area contributed by atoms with E-state index in [0.717, 1.165) is 0 Å². The quantitative estimate of drug-likeness (QED) is 0.397. The molecular weight excluding hydrogens is 108 g/mol. The highest BCUT2D eigenvalue weighted by molar-refractivity contribution is 6.69. The Morgan fingerprint density at radius 2 is 1.86 bits per heavy atom. The summed E-state index contributed by atoms with van der Waals surface area (Å²) in [5.74, 6) is 0. The molecule has 0 saturated heterocycles. The summed E-state index contributed by atoms with van der Waals surface area (Å²) in [7, 11) is -1.47. The van der Waals surface area contributed by atoms with Gasteiger partial charge in [-0.1, -0.05) is 0 Å². The Morgan fingerprint density at radius 3 is 1.86 bits per heavy atom. The molecule has 0 saturated carbocycles. The Balaban J connectivity index is 3.15. The predicted octanol–water partition coefficient (Wildman–Crippen LogP) is 1.23. The Morgan fingerprint density at radius 1 is 1.43 bits per heavy atom. The molecule has 1 radical (unpaired) electrons. The predicted molar refractivity (Wildman–Crippen MR) is 30.0 cm³/mol. The minimum absolute atomic E-state index is 0.379. The van der Waals surface area contributed by atoms with Crippen molar-refractivity contribution in [1.82, 2.24) is 0 Å². The van der Waals surface area contributed by atoms with Crippen LogP contribution in [0.25, 0.3) is 0 Å². The second kappa shape index (κ2) is 2.45. The molecular formula is C4H11O2Si. The lowest BCUT2D eigenvalue weighted by molar-refractivity contribution is 0.0321. The van der Waals surface area contributed by atoms with Crippen LogP contribution in [-0.2, 0) is 9.53 Å². The molecule has 0 unspecified atom stereocenters. The van der Waals surface area contributed by atoms with Gasteiger partial charge in [-0.15, -0.1) is 0 Å². The fourth-order valence-electron chi connectivity index (χ4n) is 0.177. The lowest BCUT2D eigenvalue weighted by atomic mass is 11.6. The van der Waals surface area contributed by atoms with Crippen LogP contribution in [0.5, 0.6) is 0 Å². The molecule has 7 heavy (non-hydrogen) atoms. The van der Waals surface area contributed by atoms with E-state index in [1.165, 1.54) is 0 Å². The fraction of sp³-hybridized carbons (Fsp3) is 1.00. The van der Waals surface area contributed by atoms with Crippen molar-refractivity contribution in [2.24, 2.45) is 0 Å². The van der Waals surface area contributed by atoms with Crippen molar-refractivity contribution in [3.05, 3.63) is 0 Å². The first-order valence-electron chi connectivity index (χ1n) is 2.28. The second-order valence-corrected chi connectivity index (χ2v) is 6.89. The molecule has 0 atom stereocenters. The molecule has 0 aromatic rings. The van der Waals surface area contributed by atoms with E-state index in [1.54, 1.807) is 0 Å². The van der Waals surface area contributed by atoms with Gasteiger partial charge in [-0.2, -0.15) is 0 Å². The molecule has 0 aliphatic heterocycles. The molecule has 0 aliphatic rings. The van der Waals surface area contributed by atoms with Gasteiger partial charge in [0.2, 0.25) is 0 Å². The van der Waals surface area contributed by atoms with E-state index >= 15 is 0 Å². The average molecular weight is 119 g/mol. The lowest BCUT2D eigenvalue weighted by Crippen LogP contribution is -2.25. The molecule has 0 N–H and O–H groups in total. The molecule has 0 rings (SSSR count). The summed E-state index contributed by atoms with van der Waals surface area (Å²) >= 11 is 0. The summed E-state index contributed by atoms with van der Waals surface area (Å²) in [4.78, 5) is 0. The third kappa shape index (κ3) is 6.14. The second-order valence-electron chi connectivity index (χ2n) is 2.37. The highest BCUT2D eigenvalue weighted by atomic mass is 28.4. The molecule has 3 heteroatoms. The molecule has 0 aromatic carbocycles. The van der Waals surface area contributed by atoms with Crippen molar-refractivity contribution in [2.75, 3.05) is 6.79 Å². The van der Waals surface area contributed by atoms with E-state index < -0.39 is 8.32 Å². The summed E-state index contributed by atoms with van der Waals surface area (Å²) in [6.45, 7) is 5.59.